The number of nitrogens with zero attached hydrogens (tertiary/aromatic N) is 5. The number of aromatic nitrogens is 5. The van der Waals surface area contributed by atoms with Gasteiger partial charge in [0.05, 0.1) is 24.0 Å². The molecule has 0 aliphatic carbocycles. The Morgan fingerprint density at radius 1 is 1.20 bits per heavy atom. The predicted octanol–water partition coefficient (Wildman–Crippen LogP) is 3.83. The monoisotopic (exact) mass is 351 g/mol. The standard InChI is InChI=1S/C18H17N5OS/c1-12-15-10-20-17(23(15)9-8-19-12)18-21-16(22-25-18)13(2)24-11-14-6-4-3-5-7-14/h3-10,13H,11H2,1-2H3. The molecule has 3 heterocycles. The highest BCUT2D eigenvalue weighted by molar-refractivity contribution is 7.09. The minimum Gasteiger partial charge on any atom is -0.366 e. The van der Waals surface area contributed by atoms with Gasteiger partial charge >= 0.3 is 0 Å². The number of aryl methyl sites for hydroxylation is 1. The number of hydrogen-bond acceptors (Lipinski definition) is 6. The molecule has 0 fully saturated rings. The molecule has 0 N–H and O–H groups in total. The Balaban J connectivity index is 1.54. The summed E-state index contributed by atoms with van der Waals surface area (Å²) in [5, 5.41) is 0.774. The van der Waals surface area contributed by atoms with Crippen LogP contribution in [0.25, 0.3) is 16.3 Å². The van der Waals surface area contributed by atoms with E-state index in [1.54, 1.807) is 6.20 Å². The summed E-state index contributed by atoms with van der Waals surface area (Å²) in [6, 6.07) is 10.1. The lowest BCUT2D eigenvalue weighted by atomic mass is 10.2. The van der Waals surface area contributed by atoms with E-state index in [9.17, 15) is 0 Å². The van der Waals surface area contributed by atoms with Crippen LogP contribution in [-0.2, 0) is 11.3 Å². The number of imidazole rings is 1. The summed E-state index contributed by atoms with van der Waals surface area (Å²) in [6.45, 7) is 4.46. The molecule has 4 aromatic rings. The number of ether oxygens (including phenoxy) is 1. The van der Waals surface area contributed by atoms with Gasteiger partial charge in [-0.05, 0) is 30.9 Å². The van der Waals surface area contributed by atoms with Crippen molar-refractivity contribution in [2.24, 2.45) is 0 Å². The van der Waals surface area contributed by atoms with Crippen LogP contribution < -0.4 is 0 Å². The van der Waals surface area contributed by atoms with E-state index in [1.807, 2.05) is 61.0 Å². The topological polar surface area (TPSA) is 65.2 Å². The van der Waals surface area contributed by atoms with Crippen LogP contribution in [0.5, 0.6) is 0 Å². The van der Waals surface area contributed by atoms with Crippen molar-refractivity contribution in [3.05, 3.63) is 66.0 Å². The molecule has 126 valence electrons. The third-order valence-corrected chi connectivity index (χ3v) is 4.72. The van der Waals surface area contributed by atoms with Crippen LogP contribution in [0.15, 0.2) is 48.9 Å². The molecule has 7 heteroatoms. The smallest absolute Gasteiger partial charge is 0.180 e. The van der Waals surface area contributed by atoms with Gasteiger partial charge in [-0.2, -0.15) is 4.37 Å². The Morgan fingerprint density at radius 2 is 2.04 bits per heavy atom. The first-order chi connectivity index (χ1) is 12.2. The first kappa shape index (κ1) is 15.9. The molecular weight excluding hydrogens is 334 g/mol. The number of rotatable bonds is 5. The summed E-state index contributed by atoms with van der Waals surface area (Å²) in [5.41, 5.74) is 3.04. The van der Waals surface area contributed by atoms with Crippen molar-refractivity contribution in [1.29, 1.82) is 0 Å². The predicted molar refractivity (Wildman–Crippen MR) is 96.3 cm³/mol. The molecule has 0 saturated carbocycles. The van der Waals surface area contributed by atoms with E-state index in [2.05, 4.69) is 19.3 Å². The fourth-order valence-electron chi connectivity index (χ4n) is 2.58. The molecule has 25 heavy (non-hydrogen) atoms. The molecule has 0 bridgehead atoms. The quantitative estimate of drug-likeness (QED) is 0.547. The van der Waals surface area contributed by atoms with Crippen molar-refractivity contribution in [3.8, 4) is 10.8 Å². The maximum absolute atomic E-state index is 5.90. The molecule has 4 rings (SSSR count). The van der Waals surface area contributed by atoms with Crippen LogP contribution in [-0.4, -0.2) is 23.7 Å². The molecule has 0 amide bonds. The van der Waals surface area contributed by atoms with E-state index in [0.717, 1.165) is 27.6 Å². The molecule has 0 aliphatic rings. The summed E-state index contributed by atoms with van der Waals surface area (Å²) in [6.07, 6.45) is 5.29. The van der Waals surface area contributed by atoms with E-state index in [0.29, 0.717) is 12.4 Å². The Bertz CT molecular complexity index is 995. The Kier molecular flexibility index (Phi) is 4.25. The maximum atomic E-state index is 5.90. The SMILES string of the molecule is Cc1nccn2c(-c3nc(C(C)OCc4ccccc4)ns3)ncc12. The molecule has 0 spiro atoms. The van der Waals surface area contributed by atoms with Crippen LogP contribution in [0.3, 0.4) is 0 Å². The average Bonchev–Trinajstić information content (AvgIpc) is 3.28. The van der Waals surface area contributed by atoms with Crippen LogP contribution in [0.4, 0.5) is 0 Å². The molecule has 0 aliphatic heterocycles. The summed E-state index contributed by atoms with van der Waals surface area (Å²) < 4.78 is 12.3. The second-order valence-electron chi connectivity index (χ2n) is 5.75. The highest BCUT2D eigenvalue weighted by atomic mass is 32.1. The maximum Gasteiger partial charge on any atom is 0.180 e. The summed E-state index contributed by atoms with van der Waals surface area (Å²) >= 11 is 1.33. The number of fused-ring (bicyclic) bond motifs is 1. The van der Waals surface area contributed by atoms with Gasteiger partial charge < -0.3 is 4.74 Å². The van der Waals surface area contributed by atoms with Crippen LogP contribution >= 0.6 is 11.5 Å². The zero-order valence-electron chi connectivity index (χ0n) is 14.0. The van der Waals surface area contributed by atoms with E-state index < -0.39 is 0 Å². The fraction of sp³-hybridized carbons (Fsp3) is 0.222. The van der Waals surface area contributed by atoms with Crippen molar-refractivity contribution in [2.75, 3.05) is 0 Å². The lowest BCUT2D eigenvalue weighted by molar-refractivity contribution is 0.0476. The van der Waals surface area contributed by atoms with Crippen molar-refractivity contribution in [3.63, 3.8) is 0 Å². The molecule has 6 nitrogen and oxygen atoms in total. The van der Waals surface area contributed by atoms with Crippen LogP contribution in [0, 0.1) is 6.92 Å². The van der Waals surface area contributed by atoms with Crippen molar-refractivity contribution >= 4 is 17.0 Å². The van der Waals surface area contributed by atoms with Gasteiger partial charge in [-0.25, -0.2) is 9.97 Å². The molecule has 1 atom stereocenters. The lowest BCUT2D eigenvalue weighted by Crippen LogP contribution is -2.02. The van der Waals surface area contributed by atoms with Gasteiger partial charge in [0.15, 0.2) is 16.7 Å². The van der Waals surface area contributed by atoms with Gasteiger partial charge in [0.2, 0.25) is 0 Å². The average molecular weight is 351 g/mol. The molecular formula is C18H17N5OS. The third kappa shape index (κ3) is 3.16. The van der Waals surface area contributed by atoms with Gasteiger partial charge in [-0.3, -0.25) is 9.38 Å². The second-order valence-corrected chi connectivity index (χ2v) is 6.50. The molecule has 0 radical (unpaired) electrons. The molecule has 0 saturated heterocycles. The zero-order valence-corrected chi connectivity index (χ0v) is 14.8. The molecule has 1 unspecified atom stereocenters. The first-order valence-electron chi connectivity index (χ1n) is 8.00. The van der Waals surface area contributed by atoms with Gasteiger partial charge in [-0.1, -0.05) is 30.3 Å². The normalized spacial score (nSPS) is 12.6. The van der Waals surface area contributed by atoms with E-state index in [4.69, 9.17) is 4.74 Å². The van der Waals surface area contributed by atoms with Crippen molar-refractivity contribution < 1.29 is 4.74 Å². The zero-order chi connectivity index (χ0) is 17.2. The number of benzene rings is 1. The van der Waals surface area contributed by atoms with Gasteiger partial charge in [0.25, 0.3) is 0 Å². The van der Waals surface area contributed by atoms with Gasteiger partial charge in [0.1, 0.15) is 6.10 Å². The van der Waals surface area contributed by atoms with E-state index in [-0.39, 0.29) is 6.10 Å². The summed E-state index contributed by atoms with van der Waals surface area (Å²) in [5.74, 6) is 1.46. The Labute approximate surface area is 149 Å². The van der Waals surface area contributed by atoms with Gasteiger partial charge in [0, 0.05) is 12.4 Å². The molecule has 3 aromatic heterocycles. The van der Waals surface area contributed by atoms with Crippen LogP contribution in [0.2, 0.25) is 0 Å². The minimum atomic E-state index is -0.181. The molecule has 1 aromatic carbocycles. The Morgan fingerprint density at radius 3 is 2.88 bits per heavy atom. The highest BCUT2D eigenvalue weighted by Crippen LogP contribution is 2.25. The van der Waals surface area contributed by atoms with Crippen molar-refractivity contribution in [1.82, 2.24) is 23.7 Å². The van der Waals surface area contributed by atoms with Crippen LogP contribution in [0.1, 0.15) is 30.1 Å². The van der Waals surface area contributed by atoms with Gasteiger partial charge in [-0.15, -0.1) is 0 Å². The minimum absolute atomic E-state index is 0.181. The summed E-state index contributed by atoms with van der Waals surface area (Å²) in [7, 11) is 0. The Hall–Kier alpha value is -2.64. The fourth-order valence-corrected chi connectivity index (χ4v) is 3.31. The summed E-state index contributed by atoms with van der Waals surface area (Å²) in [4.78, 5) is 13.4. The van der Waals surface area contributed by atoms with E-state index in [1.165, 1.54) is 11.5 Å². The number of hydrogen-bond donors (Lipinski definition) is 0. The first-order valence-corrected chi connectivity index (χ1v) is 8.78. The van der Waals surface area contributed by atoms with Crippen molar-refractivity contribution in [2.45, 2.75) is 26.6 Å². The van der Waals surface area contributed by atoms with E-state index >= 15 is 0 Å². The highest BCUT2D eigenvalue weighted by Gasteiger charge is 2.17. The second kappa shape index (κ2) is 6.70. The largest absolute Gasteiger partial charge is 0.366 e. The third-order valence-electron chi connectivity index (χ3n) is 3.99. The lowest BCUT2D eigenvalue weighted by Gasteiger charge is -2.09.